The first kappa shape index (κ1) is 23.4. The van der Waals surface area contributed by atoms with E-state index in [9.17, 15) is 13.2 Å². The summed E-state index contributed by atoms with van der Waals surface area (Å²) in [6, 6.07) is 12.1. The molecule has 1 N–H and O–H groups in total. The van der Waals surface area contributed by atoms with Crippen LogP contribution in [0.15, 0.2) is 59.9 Å². The summed E-state index contributed by atoms with van der Waals surface area (Å²) in [4.78, 5) is 25.9. The van der Waals surface area contributed by atoms with Crippen LogP contribution in [0.25, 0.3) is 11.5 Å². The van der Waals surface area contributed by atoms with Crippen LogP contribution in [0.5, 0.6) is 0 Å². The summed E-state index contributed by atoms with van der Waals surface area (Å²) in [6.07, 6.45) is 5.49. The Labute approximate surface area is 213 Å². The highest BCUT2D eigenvalue weighted by atomic mass is 32.2. The van der Waals surface area contributed by atoms with Gasteiger partial charge in [-0.15, -0.1) is 10.2 Å². The van der Waals surface area contributed by atoms with Crippen molar-refractivity contribution in [1.82, 2.24) is 34.0 Å². The molecule has 0 unspecified atom stereocenters. The lowest BCUT2D eigenvalue weighted by Gasteiger charge is -2.27. The molecule has 6 heterocycles. The molecule has 0 saturated heterocycles. The fourth-order valence-corrected chi connectivity index (χ4v) is 6.13. The summed E-state index contributed by atoms with van der Waals surface area (Å²) in [7, 11) is -3.74. The third-order valence-electron chi connectivity index (χ3n) is 6.75. The molecule has 0 fully saturated rings. The fourth-order valence-electron chi connectivity index (χ4n) is 4.78. The summed E-state index contributed by atoms with van der Waals surface area (Å²) in [5, 5.41) is 11.4. The molecule has 2 aliphatic rings. The number of pyridine rings is 3. The molecule has 2 aliphatic heterocycles. The van der Waals surface area contributed by atoms with Gasteiger partial charge in [0.15, 0.2) is 10.9 Å². The van der Waals surface area contributed by atoms with Crippen LogP contribution in [0.2, 0.25) is 0 Å². The van der Waals surface area contributed by atoms with Crippen molar-refractivity contribution in [1.29, 1.82) is 0 Å². The van der Waals surface area contributed by atoms with Gasteiger partial charge in [0.25, 0.3) is 15.9 Å². The minimum atomic E-state index is -3.74. The van der Waals surface area contributed by atoms with Crippen molar-refractivity contribution in [3.63, 3.8) is 0 Å². The second kappa shape index (κ2) is 9.12. The minimum absolute atomic E-state index is 0.00383. The Morgan fingerprint density at radius 3 is 2.78 bits per heavy atom. The number of amides is 1. The number of sulfonamides is 1. The van der Waals surface area contributed by atoms with E-state index in [1.807, 2.05) is 6.07 Å². The Balaban J connectivity index is 1.21. The molecule has 4 aromatic heterocycles. The number of aryl methyl sites for hydroxylation is 1. The average Bonchev–Trinajstić information content (AvgIpc) is 3.51. The molecule has 0 bridgehead atoms. The quantitative estimate of drug-likeness (QED) is 0.428. The number of anilines is 1. The van der Waals surface area contributed by atoms with E-state index in [1.54, 1.807) is 36.5 Å². The molecule has 11 nitrogen and oxygen atoms in total. The molecule has 1 atom stereocenters. The molecule has 0 aliphatic carbocycles. The first-order valence-corrected chi connectivity index (χ1v) is 13.5. The largest absolute Gasteiger partial charge is 0.307 e. The Morgan fingerprint density at radius 1 is 1.05 bits per heavy atom. The van der Waals surface area contributed by atoms with Gasteiger partial charge >= 0.3 is 0 Å². The Hall–Kier alpha value is -4.03. The zero-order valence-electron chi connectivity index (χ0n) is 20.1. The maximum absolute atomic E-state index is 13.0. The van der Waals surface area contributed by atoms with Crippen LogP contribution in [0.1, 0.15) is 46.8 Å². The molecule has 6 rings (SSSR count). The van der Waals surface area contributed by atoms with Gasteiger partial charge in [-0.3, -0.25) is 9.78 Å². The summed E-state index contributed by atoms with van der Waals surface area (Å²) in [5.41, 5.74) is 2.46. The summed E-state index contributed by atoms with van der Waals surface area (Å²) in [5.74, 6) is 1.55. The summed E-state index contributed by atoms with van der Waals surface area (Å²) in [6.45, 7) is 2.58. The highest BCUT2D eigenvalue weighted by Gasteiger charge is 2.30. The van der Waals surface area contributed by atoms with Crippen LogP contribution in [0.4, 0.5) is 5.82 Å². The predicted molar refractivity (Wildman–Crippen MR) is 134 cm³/mol. The number of carbonyl (C=O) groups is 1. The predicted octanol–water partition coefficient (Wildman–Crippen LogP) is 2.64. The van der Waals surface area contributed by atoms with Gasteiger partial charge in [-0.25, -0.2) is 18.4 Å². The molecule has 4 aromatic rings. The van der Waals surface area contributed by atoms with E-state index < -0.39 is 15.9 Å². The lowest BCUT2D eigenvalue weighted by molar-refractivity contribution is 0.102. The van der Waals surface area contributed by atoms with Gasteiger partial charge in [0.1, 0.15) is 23.0 Å². The van der Waals surface area contributed by atoms with E-state index in [0.29, 0.717) is 36.3 Å². The maximum atomic E-state index is 13.0. The highest BCUT2D eigenvalue weighted by molar-refractivity contribution is 7.89. The molecular formula is C25H24N8O3S. The maximum Gasteiger partial charge on any atom is 0.275 e. The third-order valence-corrected chi connectivity index (χ3v) is 8.51. The van der Waals surface area contributed by atoms with Crippen molar-refractivity contribution in [2.24, 2.45) is 0 Å². The number of carbonyl (C=O) groups excluding carboxylic acids is 1. The van der Waals surface area contributed by atoms with E-state index >= 15 is 0 Å². The van der Waals surface area contributed by atoms with E-state index in [0.717, 1.165) is 29.8 Å². The molecule has 0 aromatic carbocycles. The first-order chi connectivity index (χ1) is 17.9. The van der Waals surface area contributed by atoms with Crippen LogP contribution in [-0.4, -0.2) is 54.9 Å². The number of nitrogens with one attached hydrogen (secondary N) is 1. The summed E-state index contributed by atoms with van der Waals surface area (Å²) >= 11 is 0. The number of rotatable bonds is 5. The molecule has 0 saturated carbocycles. The standard InChI is InChI=1S/C25H24N8O3S/c1-16-8-9-22-30-31-24(33(16)22)19-5-4-6-21(28-19)29-25(34)20-13-18-15-32(12-10-17(18)14-27-20)37(35,36)23-7-2-3-11-26-23/h2-7,11,13-14,16H,8-10,12,15H2,1H3,(H,28,29,34)/t16-/m0/s1. The normalized spacial score (nSPS) is 17.3. The molecule has 1 amide bonds. The lowest BCUT2D eigenvalue weighted by Crippen LogP contribution is -2.36. The van der Waals surface area contributed by atoms with E-state index in [4.69, 9.17) is 0 Å². The fraction of sp³-hybridized carbons (Fsp3) is 0.280. The molecule has 37 heavy (non-hydrogen) atoms. The zero-order valence-corrected chi connectivity index (χ0v) is 20.9. The summed E-state index contributed by atoms with van der Waals surface area (Å²) < 4.78 is 29.5. The van der Waals surface area contributed by atoms with Gasteiger partial charge < -0.3 is 9.88 Å². The van der Waals surface area contributed by atoms with Crippen molar-refractivity contribution >= 4 is 21.7 Å². The molecular weight excluding hydrogens is 492 g/mol. The molecule has 188 valence electrons. The number of hydrogen-bond donors (Lipinski definition) is 1. The number of fused-ring (bicyclic) bond motifs is 2. The third kappa shape index (κ3) is 4.27. The molecule has 0 spiro atoms. The van der Waals surface area contributed by atoms with E-state index in [1.165, 1.54) is 16.6 Å². The zero-order chi connectivity index (χ0) is 25.6. The Morgan fingerprint density at radius 2 is 1.95 bits per heavy atom. The van der Waals surface area contributed by atoms with Gasteiger partial charge in [-0.1, -0.05) is 12.1 Å². The van der Waals surface area contributed by atoms with Gasteiger partial charge in [-0.05, 0) is 61.2 Å². The lowest BCUT2D eigenvalue weighted by atomic mass is 10.0. The Bertz CT molecular complexity index is 1600. The second-order valence-corrected chi connectivity index (χ2v) is 11.0. The van der Waals surface area contributed by atoms with Crippen molar-refractivity contribution in [3.8, 4) is 11.5 Å². The van der Waals surface area contributed by atoms with Crippen molar-refractivity contribution < 1.29 is 13.2 Å². The van der Waals surface area contributed by atoms with E-state index in [2.05, 4.69) is 42.0 Å². The molecule has 12 heteroatoms. The van der Waals surface area contributed by atoms with Crippen molar-refractivity contribution in [2.75, 3.05) is 11.9 Å². The second-order valence-electron chi connectivity index (χ2n) is 9.15. The Kier molecular flexibility index (Phi) is 5.76. The van der Waals surface area contributed by atoms with Crippen LogP contribution in [0, 0.1) is 0 Å². The van der Waals surface area contributed by atoms with Gasteiger partial charge in [-0.2, -0.15) is 4.31 Å². The highest BCUT2D eigenvalue weighted by Crippen LogP contribution is 2.30. The van der Waals surface area contributed by atoms with Crippen LogP contribution < -0.4 is 5.32 Å². The minimum Gasteiger partial charge on any atom is -0.307 e. The monoisotopic (exact) mass is 516 g/mol. The van der Waals surface area contributed by atoms with Crippen molar-refractivity contribution in [2.45, 2.75) is 43.8 Å². The average molecular weight is 517 g/mol. The number of aromatic nitrogens is 6. The number of hydrogen-bond acceptors (Lipinski definition) is 8. The van der Waals surface area contributed by atoms with Crippen LogP contribution in [0.3, 0.4) is 0 Å². The van der Waals surface area contributed by atoms with Gasteiger partial charge in [0.05, 0.1) is 0 Å². The van der Waals surface area contributed by atoms with Gasteiger partial charge in [0, 0.05) is 37.9 Å². The topological polar surface area (TPSA) is 136 Å². The smallest absolute Gasteiger partial charge is 0.275 e. The SMILES string of the molecule is C[C@H]1CCc2nnc(-c3cccc(NC(=O)c4cc5c(cn4)CCN(S(=O)(=O)c4ccccn4)C5)n3)n21. The first-order valence-electron chi connectivity index (χ1n) is 12.0. The van der Waals surface area contributed by atoms with Crippen LogP contribution in [-0.2, 0) is 29.4 Å². The van der Waals surface area contributed by atoms with Crippen LogP contribution >= 0.6 is 0 Å². The van der Waals surface area contributed by atoms with Gasteiger partial charge in [0.2, 0.25) is 0 Å². The number of nitrogens with zero attached hydrogens (tertiary/aromatic N) is 7. The van der Waals surface area contributed by atoms with E-state index in [-0.39, 0.29) is 17.3 Å². The van der Waals surface area contributed by atoms with Crippen molar-refractivity contribution in [3.05, 3.63) is 77.5 Å². The molecule has 0 radical (unpaired) electrons.